The Balaban J connectivity index is 2.24. The predicted octanol–water partition coefficient (Wildman–Crippen LogP) is 3.63. The van der Waals surface area contributed by atoms with Gasteiger partial charge in [0.2, 0.25) is 0 Å². The summed E-state index contributed by atoms with van der Waals surface area (Å²) in [6.45, 7) is 4.30. The van der Waals surface area contributed by atoms with Crippen LogP contribution >= 0.6 is 11.6 Å². The highest BCUT2D eigenvalue weighted by Gasteiger charge is 2.25. The van der Waals surface area contributed by atoms with E-state index >= 15 is 0 Å². The summed E-state index contributed by atoms with van der Waals surface area (Å²) < 4.78 is 0. The lowest BCUT2D eigenvalue weighted by atomic mass is 10.00. The number of carboxylic acid groups (broad SMARTS) is 1. The lowest BCUT2D eigenvalue weighted by Gasteiger charge is -2.39. The van der Waals surface area contributed by atoms with Crippen molar-refractivity contribution in [2.45, 2.75) is 45.2 Å². The number of aromatic carboxylic acids is 1. The number of nitrogens with one attached hydrogen (secondary N) is 1. The Morgan fingerprint density at radius 3 is 2.58 bits per heavy atom. The quantitative estimate of drug-likeness (QED) is 0.889. The zero-order valence-corrected chi connectivity index (χ0v) is 11.9. The van der Waals surface area contributed by atoms with Crippen molar-refractivity contribution < 1.29 is 9.90 Å². The Morgan fingerprint density at radius 1 is 1.37 bits per heavy atom. The zero-order valence-electron chi connectivity index (χ0n) is 11.2. The largest absolute Gasteiger partial charge is 0.478 e. The molecule has 0 aliphatic carbocycles. The SMILES string of the molecule is CC1CCCC(C)N1Nc1ccc(Cl)cc1C(=O)O. The Hall–Kier alpha value is -1.26. The fraction of sp³-hybridized carbons (Fsp3) is 0.500. The minimum atomic E-state index is -0.970. The van der Waals surface area contributed by atoms with Crippen LogP contribution in [0.3, 0.4) is 0 Å². The van der Waals surface area contributed by atoms with Gasteiger partial charge in [0.05, 0.1) is 11.3 Å². The van der Waals surface area contributed by atoms with E-state index in [9.17, 15) is 9.90 Å². The maximum absolute atomic E-state index is 11.3. The minimum Gasteiger partial charge on any atom is -0.478 e. The number of carboxylic acids is 1. The zero-order chi connectivity index (χ0) is 14.0. The molecule has 2 N–H and O–H groups in total. The van der Waals surface area contributed by atoms with Gasteiger partial charge >= 0.3 is 5.97 Å². The summed E-state index contributed by atoms with van der Waals surface area (Å²) in [6.07, 6.45) is 3.45. The van der Waals surface area contributed by atoms with Crippen LogP contribution < -0.4 is 5.43 Å². The first-order valence-electron chi connectivity index (χ1n) is 6.57. The molecule has 0 amide bonds. The average molecular weight is 283 g/mol. The Kier molecular flexibility index (Phi) is 4.32. The third-order valence-electron chi connectivity index (χ3n) is 3.66. The molecule has 2 atom stereocenters. The standard InChI is InChI=1S/C14H19ClN2O2/c1-9-4-3-5-10(2)17(9)16-13-7-6-11(15)8-12(13)14(18)19/h6-10,16H,3-5H2,1-2H3,(H,18,19). The van der Waals surface area contributed by atoms with Crippen LogP contribution in [0.1, 0.15) is 43.5 Å². The van der Waals surface area contributed by atoms with Gasteiger partial charge in [0.1, 0.15) is 0 Å². The van der Waals surface area contributed by atoms with Crippen molar-refractivity contribution >= 4 is 23.3 Å². The number of benzene rings is 1. The predicted molar refractivity (Wildman–Crippen MR) is 76.6 cm³/mol. The molecule has 1 aromatic carbocycles. The number of hydrogen-bond donors (Lipinski definition) is 2. The number of carbonyl (C=O) groups is 1. The first kappa shape index (κ1) is 14.2. The molecule has 0 radical (unpaired) electrons. The lowest BCUT2D eigenvalue weighted by Crippen LogP contribution is -2.47. The summed E-state index contributed by atoms with van der Waals surface area (Å²) >= 11 is 5.86. The van der Waals surface area contributed by atoms with Crippen LogP contribution in [-0.2, 0) is 0 Å². The summed E-state index contributed by atoms with van der Waals surface area (Å²) in [5.74, 6) is -0.970. The third-order valence-corrected chi connectivity index (χ3v) is 3.89. The summed E-state index contributed by atoms with van der Waals surface area (Å²) in [6, 6.07) is 5.68. The van der Waals surface area contributed by atoms with Crippen LogP contribution in [0.25, 0.3) is 0 Å². The molecule has 1 aliphatic heterocycles. The van der Waals surface area contributed by atoms with Crippen molar-refractivity contribution in [2.75, 3.05) is 5.43 Å². The van der Waals surface area contributed by atoms with Gasteiger partial charge in [-0.25, -0.2) is 9.80 Å². The Bertz CT molecular complexity index is 469. The minimum absolute atomic E-state index is 0.206. The molecule has 1 heterocycles. The first-order valence-corrected chi connectivity index (χ1v) is 6.94. The van der Waals surface area contributed by atoms with Gasteiger partial charge in [-0.1, -0.05) is 18.0 Å². The maximum atomic E-state index is 11.3. The smallest absolute Gasteiger partial charge is 0.337 e. The average Bonchev–Trinajstić information content (AvgIpc) is 2.35. The molecular weight excluding hydrogens is 264 g/mol. The molecule has 104 valence electrons. The third kappa shape index (κ3) is 3.19. The van der Waals surface area contributed by atoms with E-state index in [-0.39, 0.29) is 5.56 Å². The second kappa shape index (κ2) is 5.80. The fourth-order valence-corrected chi connectivity index (χ4v) is 2.74. The van der Waals surface area contributed by atoms with Crippen LogP contribution in [0.2, 0.25) is 5.02 Å². The van der Waals surface area contributed by atoms with Crippen molar-refractivity contribution in [3.63, 3.8) is 0 Å². The van der Waals surface area contributed by atoms with Crippen LogP contribution in [0.5, 0.6) is 0 Å². The van der Waals surface area contributed by atoms with Crippen LogP contribution in [-0.4, -0.2) is 28.2 Å². The van der Waals surface area contributed by atoms with Crippen LogP contribution in [0.15, 0.2) is 18.2 Å². The molecular formula is C14H19ClN2O2. The maximum Gasteiger partial charge on any atom is 0.337 e. The van der Waals surface area contributed by atoms with Gasteiger partial charge in [-0.2, -0.15) is 0 Å². The molecule has 5 heteroatoms. The number of hydrogen-bond acceptors (Lipinski definition) is 3. The van der Waals surface area contributed by atoms with Gasteiger partial charge in [0.15, 0.2) is 0 Å². The lowest BCUT2D eigenvalue weighted by molar-refractivity contribution is 0.0696. The van der Waals surface area contributed by atoms with E-state index in [2.05, 4.69) is 24.3 Å². The molecule has 0 spiro atoms. The molecule has 1 aliphatic rings. The molecule has 4 nitrogen and oxygen atoms in total. The second-order valence-electron chi connectivity index (χ2n) is 5.14. The van der Waals surface area contributed by atoms with Crippen molar-refractivity contribution in [1.29, 1.82) is 0 Å². The van der Waals surface area contributed by atoms with E-state index in [0.717, 1.165) is 12.8 Å². The molecule has 0 saturated carbocycles. The van der Waals surface area contributed by atoms with Crippen molar-refractivity contribution in [3.05, 3.63) is 28.8 Å². The van der Waals surface area contributed by atoms with E-state index in [1.54, 1.807) is 12.1 Å². The van der Waals surface area contributed by atoms with Crippen molar-refractivity contribution in [1.82, 2.24) is 5.01 Å². The van der Waals surface area contributed by atoms with E-state index < -0.39 is 5.97 Å². The molecule has 2 rings (SSSR count). The van der Waals surface area contributed by atoms with E-state index in [4.69, 9.17) is 11.6 Å². The number of halogens is 1. The molecule has 0 bridgehead atoms. The molecule has 19 heavy (non-hydrogen) atoms. The number of nitrogens with zero attached hydrogens (tertiary/aromatic N) is 1. The molecule has 2 unspecified atom stereocenters. The normalized spacial score (nSPS) is 24.2. The molecule has 1 aromatic rings. The van der Waals surface area contributed by atoms with Gasteiger partial charge in [-0.05, 0) is 44.9 Å². The highest BCUT2D eigenvalue weighted by molar-refractivity contribution is 6.31. The van der Waals surface area contributed by atoms with Gasteiger partial charge in [-0.15, -0.1) is 0 Å². The fourth-order valence-electron chi connectivity index (χ4n) is 2.57. The van der Waals surface area contributed by atoms with Crippen molar-refractivity contribution in [3.8, 4) is 0 Å². The number of anilines is 1. The monoisotopic (exact) mass is 282 g/mol. The molecule has 1 fully saturated rings. The number of rotatable bonds is 3. The van der Waals surface area contributed by atoms with Crippen LogP contribution in [0, 0.1) is 0 Å². The van der Waals surface area contributed by atoms with E-state index in [0.29, 0.717) is 22.8 Å². The second-order valence-corrected chi connectivity index (χ2v) is 5.58. The topological polar surface area (TPSA) is 52.6 Å². The van der Waals surface area contributed by atoms with Gasteiger partial charge < -0.3 is 10.5 Å². The Morgan fingerprint density at radius 2 is 2.00 bits per heavy atom. The number of piperidine rings is 1. The van der Waals surface area contributed by atoms with Gasteiger partial charge in [-0.3, -0.25) is 0 Å². The highest BCUT2D eigenvalue weighted by atomic mass is 35.5. The molecule has 1 saturated heterocycles. The highest BCUT2D eigenvalue weighted by Crippen LogP contribution is 2.26. The van der Waals surface area contributed by atoms with Gasteiger partial charge in [0, 0.05) is 17.1 Å². The van der Waals surface area contributed by atoms with E-state index in [1.165, 1.54) is 12.5 Å². The van der Waals surface area contributed by atoms with Gasteiger partial charge in [0.25, 0.3) is 0 Å². The summed E-state index contributed by atoms with van der Waals surface area (Å²) in [7, 11) is 0. The van der Waals surface area contributed by atoms with Crippen LogP contribution in [0.4, 0.5) is 5.69 Å². The number of hydrazine groups is 1. The summed E-state index contributed by atoms with van der Waals surface area (Å²) in [5, 5.41) is 11.8. The Labute approximate surface area is 118 Å². The van der Waals surface area contributed by atoms with Crippen molar-refractivity contribution in [2.24, 2.45) is 0 Å². The first-order chi connectivity index (χ1) is 8.99. The van der Waals surface area contributed by atoms with E-state index in [1.807, 2.05) is 0 Å². The molecule has 0 aromatic heterocycles. The summed E-state index contributed by atoms with van der Waals surface area (Å²) in [4.78, 5) is 11.3. The summed E-state index contributed by atoms with van der Waals surface area (Å²) in [5.41, 5.74) is 4.05.